The standard InChI is InChI=1S/C16H23FO/c1-3-5-12-15(18)16(17,13-6-4-2)14-10-8-7-9-11-14/h7-11H,3-6,12-13H2,1-2H3. The Morgan fingerprint density at radius 2 is 1.72 bits per heavy atom. The molecule has 0 aromatic heterocycles. The molecule has 0 aliphatic carbocycles. The zero-order valence-corrected chi connectivity index (χ0v) is 11.4. The van der Waals surface area contributed by atoms with E-state index in [1.165, 1.54) is 0 Å². The average Bonchev–Trinajstić information content (AvgIpc) is 2.43. The van der Waals surface area contributed by atoms with Crippen LogP contribution in [0.4, 0.5) is 4.39 Å². The third-order valence-corrected chi connectivity index (χ3v) is 3.31. The van der Waals surface area contributed by atoms with Crippen LogP contribution in [0, 0.1) is 0 Å². The van der Waals surface area contributed by atoms with Gasteiger partial charge in [-0.05, 0) is 24.8 Å². The lowest BCUT2D eigenvalue weighted by Crippen LogP contribution is -2.31. The van der Waals surface area contributed by atoms with Crippen molar-refractivity contribution in [3.05, 3.63) is 35.9 Å². The van der Waals surface area contributed by atoms with Crippen LogP contribution < -0.4 is 0 Å². The molecule has 0 radical (unpaired) electrons. The van der Waals surface area contributed by atoms with Gasteiger partial charge in [-0.1, -0.05) is 57.0 Å². The number of rotatable bonds is 8. The minimum atomic E-state index is -1.79. The molecule has 0 spiro atoms. The van der Waals surface area contributed by atoms with Gasteiger partial charge in [-0.2, -0.15) is 0 Å². The summed E-state index contributed by atoms with van der Waals surface area (Å²) >= 11 is 0. The van der Waals surface area contributed by atoms with Crippen molar-refractivity contribution in [2.24, 2.45) is 0 Å². The van der Waals surface area contributed by atoms with Crippen LogP contribution in [0.3, 0.4) is 0 Å². The maximum absolute atomic E-state index is 15.1. The van der Waals surface area contributed by atoms with Gasteiger partial charge in [0.25, 0.3) is 0 Å². The Morgan fingerprint density at radius 1 is 1.11 bits per heavy atom. The van der Waals surface area contributed by atoms with E-state index in [0.717, 1.165) is 25.7 Å². The normalized spacial score (nSPS) is 14.2. The SMILES string of the molecule is CCCCC(=O)C(F)(CCCC)c1ccccc1. The van der Waals surface area contributed by atoms with E-state index >= 15 is 4.39 Å². The Morgan fingerprint density at radius 3 is 2.28 bits per heavy atom. The van der Waals surface area contributed by atoms with Gasteiger partial charge >= 0.3 is 0 Å². The molecule has 18 heavy (non-hydrogen) atoms. The number of alkyl halides is 1. The molecule has 0 N–H and O–H groups in total. The topological polar surface area (TPSA) is 17.1 Å². The van der Waals surface area contributed by atoms with Crippen LogP contribution in [-0.2, 0) is 10.5 Å². The van der Waals surface area contributed by atoms with Gasteiger partial charge in [-0.15, -0.1) is 0 Å². The molecule has 0 amide bonds. The molecule has 0 heterocycles. The summed E-state index contributed by atoms with van der Waals surface area (Å²) in [6, 6.07) is 8.88. The second kappa shape index (κ2) is 7.30. The summed E-state index contributed by atoms with van der Waals surface area (Å²) in [6.07, 6.45) is 3.97. The molecule has 0 aliphatic rings. The number of unbranched alkanes of at least 4 members (excludes halogenated alkanes) is 2. The van der Waals surface area contributed by atoms with Gasteiger partial charge in [-0.3, -0.25) is 4.79 Å². The first kappa shape index (κ1) is 14.9. The molecule has 0 aliphatic heterocycles. The van der Waals surface area contributed by atoms with E-state index in [-0.39, 0.29) is 5.78 Å². The second-order valence-corrected chi connectivity index (χ2v) is 4.80. The summed E-state index contributed by atoms with van der Waals surface area (Å²) in [4.78, 5) is 12.2. The number of carbonyl (C=O) groups is 1. The monoisotopic (exact) mass is 250 g/mol. The van der Waals surface area contributed by atoms with Crippen LogP contribution in [-0.4, -0.2) is 5.78 Å². The van der Waals surface area contributed by atoms with Crippen LogP contribution in [0.25, 0.3) is 0 Å². The van der Waals surface area contributed by atoms with E-state index < -0.39 is 5.67 Å². The van der Waals surface area contributed by atoms with Crippen molar-refractivity contribution in [2.75, 3.05) is 0 Å². The van der Waals surface area contributed by atoms with E-state index in [1.54, 1.807) is 24.3 Å². The molecule has 2 heteroatoms. The molecule has 100 valence electrons. The minimum absolute atomic E-state index is 0.260. The van der Waals surface area contributed by atoms with Crippen LogP contribution in [0.2, 0.25) is 0 Å². The van der Waals surface area contributed by atoms with Gasteiger partial charge in [0.15, 0.2) is 11.5 Å². The number of Topliss-reactive ketones (excluding diaryl/α,β-unsaturated/α-hetero) is 1. The van der Waals surface area contributed by atoms with E-state index in [4.69, 9.17) is 0 Å². The fraction of sp³-hybridized carbons (Fsp3) is 0.562. The number of halogens is 1. The first-order chi connectivity index (χ1) is 8.65. The Hall–Kier alpha value is -1.18. The first-order valence-electron chi connectivity index (χ1n) is 6.93. The maximum Gasteiger partial charge on any atom is 0.193 e. The Balaban J connectivity index is 2.91. The van der Waals surface area contributed by atoms with E-state index in [0.29, 0.717) is 18.4 Å². The van der Waals surface area contributed by atoms with Gasteiger partial charge in [-0.25, -0.2) is 4.39 Å². The zero-order valence-electron chi connectivity index (χ0n) is 11.4. The number of hydrogen-bond donors (Lipinski definition) is 0. The zero-order chi connectivity index (χ0) is 13.4. The smallest absolute Gasteiger partial charge is 0.193 e. The van der Waals surface area contributed by atoms with Crippen molar-refractivity contribution >= 4 is 5.78 Å². The lowest BCUT2D eigenvalue weighted by atomic mass is 9.84. The van der Waals surface area contributed by atoms with Crippen molar-refractivity contribution in [3.63, 3.8) is 0 Å². The summed E-state index contributed by atoms with van der Waals surface area (Å²) in [7, 11) is 0. The number of benzene rings is 1. The molecule has 1 nitrogen and oxygen atoms in total. The number of carbonyl (C=O) groups excluding carboxylic acids is 1. The minimum Gasteiger partial charge on any atom is -0.296 e. The van der Waals surface area contributed by atoms with Crippen molar-refractivity contribution in [2.45, 2.75) is 58.0 Å². The summed E-state index contributed by atoms with van der Waals surface area (Å²) in [5.41, 5.74) is -1.27. The van der Waals surface area contributed by atoms with Crippen LogP contribution in [0.5, 0.6) is 0 Å². The van der Waals surface area contributed by atoms with E-state index in [1.807, 2.05) is 19.9 Å². The molecule has 1 aromatic rings. The summed E-state index contributed by atoms with van der Waals surface area (Å²) in [5, 5.41) is 0. The third kappa shape index (κ3) is 3.66. The molecule has 1 rings (SSSR count). The Bertz CT molecular complexity index is 361. The van der Waals surface area contributed by atoms with Gasteiger partial charge in [0, 0.05) is 6.42 Å². The maximum atomic E-state index is 15.1. The lowest BCUT2D eigenvalue weighted by molar-refractivity contribution is -0.132. The highest BCUT2D eigenvalue weighted by atomic mass is 19.1. The number of hydrogen-bond acceptors (Lipinski definition) is 1. The quantitative estimate of drug-likeness (QED) is 0.647. The third-order valence-electron chi connectivity index (χ3n) is 3.31. The van der Waals surface area contributed by atoms with Crippen LogP contribution >= 0.6 is 0 Å². The molecule has 0 saturated heterocycles. The van der Waals surface area contributed by atoms with Crippen molar-refractivity contribution < 1.29 is 9.18 Å². The average molecular weight is 250 g/mol. The van der Waals surface area contributed by atoms with Crippen molar-refractivity contribution in [3.8, 4) is 0 Å². The fourth-order valence-electron chi connectivity index (χ4n) is 2.10. The lowest BCUT2D eigenvalue weighted by Gasteiger charge is -2.24. The van der Waals surface area contributed by atoms with Gasteiger partial charge in [0.2, 0.25) is 0 Å². The van der Waals surface area contributed by atoms with E-state index in [9.17, 15) is 4.79 Å². The predicted molar refractivity (Wildman–Crippen MR) is 73.3 cm³/mol. The molecule has 1 unspecified atom stereocenters. The van der Waals surface area contributed by atoms with Crippen molar-refractivity contribution in [1.29, 1.82) is 0 Å². The number of ketones is 1. The molecule has 0 saturated carbocycles. The fourth-order valence-corrected chi connectivity index (χ4v) is 2.10. The summed E-state index contributed by atoms with van der Waals surface area (Å²) < 4.78 is 15.1. The predicted octanol–water partition coefficient (Wildman–Crippen LogP) is 4.80. The molecule has 1 aromatic carbocycles. The second-order valence-electron chi connectivity index (χ2n) is 4.80. The summed E-state index contributed by atoms with van der Waals surface area (Å²) in [6.45, 7) is 4.03. The van der Waals surface area contributed by atoms with Crippen LogP contribution in [0.1, 0.15) is 57.9 Å². The highest BCUT2D eigenvalue weighted by Gasteiger charge is 2.38. The molecule has 1 atom stereocenters. The Labute approximate surface area is 109 Å². The molecule has 0 fully saturated rings. The van der Waals surface area contributed by atoms with Gasteiger partial charge in [0.05, 0.1) is 0 Å². The Kier molecular flexibility index (Phi) is 6.03. The summed E-state index contributed by atoms with van der Waals surface area (Å²) in [5.74, 6) is -0.260. The highest BCUT2D eigenvalue weighted by Crippen LogP contribution is 2.34. The highest BCUT2D eigenvalue weighted by molar-refractivity contribution is 5.88. The van der Waals surface area contributed by atoms with Crippen LogP contribution in [0.15, 0.2) is 30.3 Å². The van der Waals surface area contributed by atoms with Gasteiger partial charge < -0.3 is 0 Å². The molecular weight excluding hydrogens is 227 g/mol. The molecule has 0 bridgehead atoms. The largest absolute Gasteiger partial charge is 0.296 e. The first-order valence-corrected chi connectivity index (χ1v) is 6.93. The van der Waals surface area contributed by atoms with Gasteiger partial charge in [0.1, 0.15) is 0 Å². The van der Waals surface area contributed by atoms with E-state index in [2.05, 4.69) is 0 Å². The van der Waals surface area contributed by atoms with Crippen molar-refractivity contribution in [1.82, 2.24) is 0 Å². The molecular formula is C16H23FO.